The molecule has 10 nitrogen and oxygen atoms in total. The van der Waals surface area contributed by atoms with Gasteiger partial charge in [-0.05, 0) is 31.6 Å². The lowest BCUT2D eigenvalue weighted by Crippen LogP contribution is -2.56. The van der Waals surface area contributed by atoms with Crippen LogP contribution in [-0.2, 0) is 9.53 Å². The van der Waals surface area contributed by atoms with Crippen LogP contribution in [0.25, 0.3) is 0 Å². The van der Waals surface area contributed by atoms with E-state index in [-0.39, 0.29) is 37.0 Å². The van der Waals surface area contributed by atoms with Crippen molar-refractivity contribution in [3.05, 3.63) is 11.7 Å². The van der Waals surface area contributed by atoms with Crippen molar-refractivity contribution in [2.75, 3.05) is 26.3 Å². The van der Waals surface area contributed by atoms with Crippen LogP contribution in [0.15, 0.2) is 4.52 Å². The predicted octanol–water partition coefficient (Wildman–Crippen LogP) is 2.21. The lowest BCUT2D eigenvalue weighted by atomic mass is 10.00. The molecule has 184 valence electrons. The summed E-state index contributed by atoms with van der Waals surface area (Å²) in [6.07, 6.45) is 1.01. The van der Waals surface area contributed by atoms with E-state index in [1.165, 1.54) is 4.90 Å². The van der Waals surface area contributed by atoms with Gasteiger partial charge >= 0.3 is 6.03 Å². The van der Waals surface area contributed by atoms with Crippen molar-refractivity contribution in [2.24, 2.45) is 5.92 Å². The average molecular weight is 468 g/mol. The number of ether oxygens (including phenoxy) is 1. The first-order valence-electron chi connectivity index (χ1n) is 11.7. The molecular weight excluding hydrogens is 433 g/mol. The largest absolute Gasteiger partial charge is 0.378 e. The Labute approximate surface area is 193 Å². The molecule has 1 aromatic heterocycles. The standard InChI is InChI=1S/C22H34FN5O5/c1-4-16(18(29)21-26-19(27-33-21)14-5-6-14)24-20(30)17(12-15(23)11-13(2)3)25-22(31)28-7-9-32-10-8-28/h13-17H,4-12H2,1-3H3,(H,24,30)(H,25,31). The van der Waals surface area contributed by atoms with E-state index < -0.39 is 36.0 Å². The molecule has 2 fully saturated rings. The number of carbonyl (C=O) groups excluding carboxylic acids is 3. The number of amides is 3. The molecule has 1 aromatic rings. The van der Waals surface area contributed by atoms with E-state index in [9.17, 15) is 18.8 Å². The molecule has 11 heteroatoms. The minimum Gasteiger partial charge on any atom is -0.378 e. The second kappa shape index (κ2) is 11.5. The van der Waals surface area contributed by atoms with Gasteiger partial charge in [-0.15, -0.1) is 0 Å². The molecule has 0 radical (unpaired) electrons. The smallest absolute Gasteiger partial charge is 0.318 e. The van der Waals surface area contributed by atoms with Gasteiger partial charge in [0.05, 0.1) is 19.3 Å². The minimum atomic E-state index is -1.28. The van der Waals surface area contributed by atoms with Crippen molar-refractivity contribution < 1.29 is 28.0 Å². The third-order valence-corrected chi connectivity index (χ3v) is 5.77. The van der Waals surface area contributed by atoms with E-state index >= 15 is 0 Å². The second-order valence-corrected chi connectivity index (χ2v) is 9.13. The molecule has 1 aliphatic heterocycles. The van der Waals surface area contributed by atoms with Gasteiger partial charge in [0, 0.05) is 25.4 Å². The van der Waals surface area contributed by atoms with Gasteiger partial charge in [0.1, 0.15) is 12.2 Å². The number of aromatic nitrogens is 2. The molecule has 2 N–H and O–H groups in total. The number of hydrogen-bond acceptors (Lipinski definition) is 7. The molecule has 1 aliphatic carbocycles. The summed E-state index contributed by atoms with van der Waals surface area (Å²) < 4.78 is 25.0. The van der Waals surface area contributed by atoms with Gasteiger partial charge in [0.25, 0.3) is 5.89 Å². The highest BCUT2D eigenvalue weighted by Crippen LogP contribution is 2.38. The van der Waals surface area contributed by atoms with Crippen molar-refractivity contribution in [3.8, 4) is 0 Å². The number of carbonyl (C=O) groups is 3. The van der Waals surface area contributed by atoms with Crippen LogP contribution in [0.5, 0.6) is 0 Å². The molecule has 3 amide bonds. The van der Waals surface area contributed by atoms with Crippen molar-refractivity contribution >= 4 is 17.7 Å². The van der Waals surface area contributed by atoms with Crippen LogP contribution in [0, 0.1) is 5.92 Å². The molecule has 0 bridgehead atoms. The van der Waals surface area contributed by atoms with Gasteiger partial charge in [-0.25, -0.2) is 9.18 Å². The maximum Gasteiger partial charge on any atom is 0.318 e. The zero-order chi connectivity index (χ0) is 24.0. The highest BCUT2D eigenvalue weighted by molar-refractivity contribution is 5.99. The van der Waals surface area contributed by atoms with E-state index in [0.717, 1.165) is 12.8 Å². The van der Waals surface area contributed by atoms with Crippen LogP contribution in [-0.4, -0.2) is 77.3 Å². The van der Waals surface area contributed by atoms with Crippen LogP contribution in [0.1, 0.15) is 75.3 Å². The molecule has 2 heterocycles. The molecule has 3 atom stereocenters. The molecule has 0 spiro atoms. The summed E-state index contributed by atoms with van der Waals surface area (Å²) in [5.74, 6) is -0.438. The Morgan fingerprint density at radius 3 is 2.42 bits per heavy atom. The van der Waals surface area contributed by atoms with Crippen molar-refractivity contribution in [2.45, 2.75) is 77.0 Å². The first-order chi connectivity index (χ1) is 15.8. The second-order valence-electron chi connectivity index (χ2n) is 9.13. The normalized spacial score (nSPS) is 19.1. The number of rotatable bonds is 11. The van der Waals surface area contributed by atoms with Crippen LogP contribution < -0.4 is 10.6 Å². The molecule has 33 heavy (non-hydrogen) atoms. The van der Waals surface area contributed by atoms with E-state index in [1.54, 1.807) is 6.92 Å². The maximum atomic E-state index is 14.6. The molecule has 3 unspecified atom stereocenters. The fourth-order valence-corrected chi connectivity index (χ4v) is 3.72. The van der Waals surface area contributed by atoms with E-state index in [1.807, 2.05) is 13.8 Å². The highest BCUT2D eigenvalue weighted by atomic mass is 19.1. The van der Waals surface area contributed by atoms with Gasteiger partial charge < -0.3 is 24.8 Å². The number of morpholine rings is 1. The highest BCUT2D eigenvalue weighted by Gasteiger charge is 2.34. The van der Waals surface area contributed by atoms with Crippen LogP contribution in [0.3, 0.4) is 0 Å². The van der Waals surface area contributed by atoms with E-state index in [2.05, 4.69) is 20.8 Å². The molecule has 1 saturated carbocycles. The fourth-order valence-electron chi connectivity index (χ4n) is 3.72. The summed E-state index contributed by atoms with van der Waals surface area (Å²) in [6, 6.07) is -2.50. The monoisotopic (exact) mass is 467 g/mol. The Bertz CT molecular complexity index is 822. The topological polar surface area (TPSA) is 127 Å². The molecule has 0 aromatic carbocycles. The lowest BCUT2D eigenvalue weighted by molar-refractivity contribution is -0.124. The molecular formula is C22H34FN5O5. The number of alkyl halides is 1. The van der Waals surface area contributed by atoms with Crippen molar-refractivity contribution in [1.82, 2.24) is 25.7 Å². The number of nitrogens with zero attached hydrogens (tertiary/aromatic N) is 3. The summed E-state index contributed by atoms with van der Waals surface area (Å²) in [7, 11) is 0. The number of urea groups is 1. The van der Waals surface area contributed by atoms with E-state index in [0.29, 0.717) is 32.1 Å². The van der Waals surface area contributed by atoms with Crippen LogP contribution in [0.2, 0.25) is 0 Å². The van der Waals surface area contributed by atoms with Gasteiger partial charge in [0.15, 0.2) is 5.82 Å². The zero-order valence-corrected chi connectivity index (χ0v) is 19.5. The van der Waals surface area contributed by atoms with Crippen LogP contribution >= 0.6 is 0 Å². The SMILES string of the molecule is CCC(NC(=O)C(CC(F)CC(C)C)NC(=O)N1CCOCC1)C(=O)c1nc(C2CC2)no1. The first-order valence-corrected chi connectivity index (χ1v) is 11.7. The van der Waals surface area contributed by atoms with Gasteiger partial charge in [0.2, 0.25) is 11.7 Å². The third kappa shape index (κ3) is 7.21. The Kier molecular flexibility index (Phi) is 8.76. The van der Waals surface area contributed by atoms with Crippen molar-refractivity contribution in [3.63, 3.8) is 0 Å². The Hall–Kier alpha value is -2.56. The molecule has 1 saturated heterocycles. The first kappa shape index (κ1) is 25.1. The summed E-state index contributed by atoms with van der Waals surface area (Å²) in [6.45, 7) is 7.11. The summed E-state index contributed by atoms with van der Waals surface area (Å²) in [5, 5.41) is 9.13. The zero-order valence-electron chi connectivity index (χ0n) is 19.5. The van der Waals surface area contributed by atoms with Gasteiger partial charge in [-0.1, -0.05) is 25.9 Å². The minimum absolute atomic E-state index is 0.0989. The summed E-state index contributed by atoms with van der Waals surface area (Å²) >= 11 is 0. The number of hydrogen-bond donors (Lipinski definition) is 2. The Morgan fingerprint density at radius 2 is 1.82 bits per heavy atom. The molecule has 2 aliphatic rings. The van der Waals surface area contributed by atoms with Gasteiger partial charge in [-0.3, -0.25) is 9.59 Å². The third-order valence-electron chi connectivity index (χ3n) is 5.77. The Balaban J connectivity index is 1.66. The van der Waals surface area contributed by atoms with Crippen molar-refractivity contribution in [1.29, 1.82) is 0 Å². The maximum absolute atomic E-state index is 14.6. The predicted molar refractivity (Wildman–Crippen MR) is 117 cm³/mol. The number of ketones is 1. The Morgan fingerprint density at radius 1 is 1.12 bits per heavy atom. The molecule has 3 rings (SSSR count). The summed E-state index contributed by atoms with van der Waals surface area (Å²) in [5.41, 5.74) is 0. The average Bonchev–Trinajstić information content (AvgIpc) is 3.52. The number of Topliss-reactive ketones (excluding diaryl/α,β-unsaturated/α-hetero) is 1. The quantitative estimate of drug-likeness (QED) is 0.478. The lowest BCUT2D eigenvalue weighted by Gasteiger charge is -2.30. The van der Waals surface area contributed by atoms with E-state index in [4.69, 9.17) is 9.26 Å². The van der Waals surface area contributed by atoms with Gasteiger partial charge in [-0.2, -0.15) is 4.98 Å². The number of halogens is 1. The number of nitrogens with one attached hydrogen (secondary N) is 2. The summed E-state index contributed by atoms with van der Waals surface area (Å²) in [4.78, 5) is 44.2. The fraction of sp³-hybridized carbons (Fsp3) is 0.773. The van der Waals surface area contributed by atoms with Crippen LogP contribution in [0.4, 0.5) is 9.18 Å².